The first-order valence-corrected chi connectivity index (χ1v) is 19.2. The van der Waals surface area contributed by atoms with Crippen LogP contribution in [0.3, 0.4) is 0 Å². The van der Waals surface area contributed by atoms with Crippen molar-refractivity contribution in [3.05, 3.63) is 12.2 Å². The highest BCUT2D eigenvalue weighted by atomic mass is 32.2. The Morgan fingerprint density at radius 1 is 0.463 bits per heavy atom. The van der Waals surface area contributed by atoms with Gasteiger partial charge in [-0.25, -0.2) is 4.79 Å². The van der Waals surface area contributed by atoms with Gasteiger partial charge in [-0.2, -0.15) is 8.42 Å². The molecule has 0 atom stereocenters. The van der Waals surface area contributed by atoms with Gasteiger partial charge < -0.3 is 4.74 Å². The third kappa shape index (κ3) is 30.4. The Bertz CT molecular complexity index is 674. The minimum absolute atomic E-state index is 0.0530. The summed E-state index contributed by atoms with van der Waals surface area (Å²) < 4.78 is 33.7. The maximum Gasteiger partial charge on any atom is 0.451 e. The standard InChI is InChI=1S/C35H68O5S/c1-3-5-7-9-11-13-15-17-19-20-22-24-26-28-30-32-34-40-41(37,38)35(36)39-33-31-29-27-25-23-21-18-16-14-12-10-8-6-4-2/h17,19H,3-16,18,20-34H2,1-2H3. The Hall–Kier alpha value is -0.880. The molecule has 0 unspecified atom stereocenters. The molecule has 0 aliphatic heterocycles. The summed E-state index contributed by atoms with van der Waals surface area (Å²) >= 11 is 0. The van der Waals surface area contributed by atoms with Gasteiger partial charge in [-0.1, -0.05) is 167 Å². The van der Waals surface area contributed by atoms with Gasteiger partial charge in [-0.3, -0.25) is 4.18 Å². The van der Waals surface area contributed by atoms with E-state index in [1.54, 1.807) is 0 Å². The van der Waals surface area contributed by atoms with Crippen molar-refractivity contribution < 1.29 is 22.1 Å². The molecule has 0 N–H and O–H groups in total. The summed E-state index contributed by atoms with van der Waals surface area (Å²) in [7, 11) is -4.27. The van der Waals surface area contributed by atoms with Gasteiger partial charge in [0.05, 0.1) is 13.2 Å². The van der Waals surface area contributed by atoms with Crippen molar-refractivity contribution in [1.29, 1.82) is 0 Å². The van der Waals surface area contributed by atoms with Gasteiger partial charge in [0.1, 0.15) is 0 Å². The van der Waals surface area contributed by atoms with Gasteiger partial charge in [0.15, 0.2) is 0 Å². The van der Waals surface area contributed by atoms with Crippen molar-refractivity contribution in [2.45, 2.75) is 194 Å². The second kappa shape index (κ2) is 32.0. The Balaban J connectivity index is 3.45. The lowest BCUT2D eigenvalue weighted by Crippen LogP contribution is -2.20. The van der Waals surface area contributed by atoms with E-state index in [0.717, 1.165) is 38.5 Å². The van der Waals surface area contributed by atoms with Gasteiger partial charge in [-0.05, 0) is 38.5 Å². The normalized spacial score (nSPS) is 12.0. The zero-order valence-electron chi connectivity index (χ0n) is 27.3. The van der Waals surface area contributed by atoms with Crippen LogP contribution in [0.1, 0.15) is 194 Å². The van der Waals surface area contributed by atoms with Crippen LogP contribution in [0, 0.1) is 0 Å². The fraction of sp³-hybridized carbons (Fsp3) is 0.914. The summed E-state index contributed by atoms with van der Waals surface area (Å²) in [4.78, 5) is 11.9. The van der Waals surface area contributed by atoms with Crippen molar-refractivity contribution in [3.63, 3.8) is 0 Å². The molecule has 0 heterocycles. The molecule has 0 aliphatic rings. The third-order valence-electron chi connectivity index (χ3n) is 7.82. The zero-order chi connectivity index (χ0) is 30.1. The largest absolute Gasteiger partial charge is 0.452 e. The van der Waals surface area contributed by atoms with Crippen molar-refractivity contribution in [3.8, 4) is 0 Å². The summed E-state index contributed by atoms with van der Waals surface area (Å²) in [5.41, 5.74) is 0. The van der Waals surface area contributed by atoms with Crippen LogP contribution in [0.15, 0.2) is 12.2 Å². The lowest BCUT2D eigenvalue weighted by molar-refractivity contribution is 0.163. The van der Waals surface area contributed by atoms with E-state index in [0.29, 0.717) is 12.8 Å². The second-order valence-electron chi connectivity index (χ2n) is 11.9. The molecule has 6 heteroatoms. The average Bonchev–Trinajstić information content (AvgIpc) is 2.96. The molecule has 0 aliphatic carbocycles. The molecule has 5 nitrogen and oxygen atoms in total. The number of hydrogen-bond donors (Lipinski definition) is 0. The van der Waals surface area contributed by atoms with Crippen LogP contribution < -0.4 is 0 Å². The van der Waals surface area contributed by atoms with E-state index in [-0.39, 0.29) is 13.2 Å². The van der Waals surface area contributed by atoms with Crippen LogP contribution in [0.25, 0.3) is 0 Å². The summed E-state index contributed by atoms with van der Waals surface area (Å²) in [6.45, 7) is 4.71. The zero-order valence-corrected chi connectivity index (χ0v) is 28.1. The van der Waals surface area contributed by atoms with E-state index in [1.807, 2.05) is 0 Å². The monoisotopic (exact) mass is 600 g/mol. The highest BCUT2D eigenvalue weighted by Gasteiger charge is 2.24. The minimum Gasteiger partial charge on any atom is -0.452 e. The molecular formula is C35H68O5S. The van der Waals surface area contributed by atoms with Crippen molar-refractivity contribution in [2.75, 3.05) is 13.2 Å². The van der Waals surface area contributed by atoms with E-state index >= 15 is 0 Å². The molecule has 244 valence electrons. The fourth-order valence-electron chi connectivity index (χ4n) is 5.09. The van der Waals surface area contributed by atoms with E-state index in [1.165, 1.54) is 128 Å². The molecule has 0 aromatic rings. The first kappa shape index (κ1) is 40.1. The Morgan fingerprint density at radius 2 is 0.780 bits per heavy atom. The molecule has 0 saturated carbocycles. The molecule has 0 amide bonds. The summed E-state index contributed by atoms with van der Waals surface area (Å²) in [5, 5.41) is -1.24. The Labute approximate surface area is 256 Å². The second-order valence-corrected chi connectivity index (χ2v) is 13.4. The smallest absolute Gasteiger partial charge is 0.451 e. The van der Waals surface area contributed by atoms with Crippen LogP contribution in [-0.2, 0) is 19.0 Å². The molecule has 0 bridgehead atoms. The number of carbonyl (C=O) groups is 1. The Kier molecular flexibility index (Phi) is 31.4. The highest BCUT2D eigenvalue weighted by Crippen LogP contribution is 2.14. The number of carbonyl (C=O) groups excluding carboxylic acids is 1. The molecule has 0 rings (SSSR count). The first-order valence-electron chi connectivity index (χ1n) is 17.8. The molecule has 0 aromatic carbocycles. The molecule has 0 fully saturated rings. The summed E-state index contributed by atoms with van der Waals surface area (Å²) in [6, 6.07) is 0. The summed E-state index contributed by atoms with van der Waals surface area (Å²) in [6.07, 6.45) is 38.8. The van der Waals surface area contributed by atoms with Gasteiger partial charge in [0.2, 0.25) is 0 Å². The topological polar surface area (TPSA) is 69.7 Å². The van der Waals surface area contributed by atoms with E-state index in [9.17, 15) is 13.2 Å². The van der Waals surface area contributed by atoms with Gasteiger partial charge >= 0.3 is 15.4 Å². The number of rotatable bonds is 32. The van der Waals surface area contributed by atoms with Gasteiger partial charge in [0, 0.05) is 0 Å². The molecular weight excluding hydrogens is 532 g/mol. The predicted octanol–water partition coefficient (Wildman–Crippen LogP) is 12.0. The average molecular weight is 601 g/mol. The lowest BCUT2D eigenvalue weighted by atomic mass is 10.0. The van der Waals surface area contributed by atoms with Crippen LogP contribution in [0.4, 0.5) is 4.79 Å². The van der Waals surface area contributed by atoms with Crippen molar-refractivity contribution in [2.24, 2.45) is 0 Å². The Morgan fingerprint density at radius 3 is 1.17 bits per heavy atom. The number of allylic oxidation sites excluding steroid dienone is 2. The maximum absolute atomic E-state index is 12.0. The van der Waals surface area contributed by atoms with Gasteiger partial charge in [0.25, 0.3) is 0 Å². The quantitative estimate of drug-likeness (QED) is 0.0332. The van der Waals surface area contributed by atoms with Gasteiger partial charge in [-0.15, -0.1) is 0 Å². The fourth-order valence-corrected chi connectivity index (χ4v) is 5.75. The molecule has 0 radical (unpaired) electrons. The van der Waals surface area contributed by atoms with E-state index in [4.69, 9.17) is 8.92 Å². The molecule has 41 heavy (non-hydrogen) atoms. The number of unbranched alkanes of at least 4 members (excludes halogenated alkanes) is 25. The molecule has 0 spiro atoms. The third-order valence-corrected chi connectivity index (χ3v) is 8.82. The van der Waals surface area contributed by atoms with Crippen LogP contribution in [0.2, 0.25) is 0 Å². The van der Waals surface area contributed by atoms with Crippen molar-refractivity contribution >= 4 is 15.4 Å². The first-order chi connectivity index (χ1) is 20.0. The number of ether oxygens (including phenoxy) is 1. The van der Waals surface area contributed by atoms with Crippen LogP contribution in [-0.4, -0.2) is 26.9 Å². The van der Waals surface area contributed by atoms with Crippen LogP contribution >= 0.6 is 0 Å². The number of hydrogen-bond acceptors (Lipinski definition) is 5. The lowest BCUT2D eigenvalue weighted by Gasteiger charge is -2.07. The van der Waals surface area contributed by atoms with Crippen LogP contribution in [0.5, 0.6) is 0 Å². The molecule has 0 saturated heterocycles. The maximum atomic E-state index is 12.0. The highest BCUT2D eigenvalue weighted by molar-refractivity contribution is 8.01. The molecule has 0 aromatic heterocycles. The van der Waals surface area contributed by atoms with E-state index < -0.39 is 15.4 Å². The van der Waals surface area contributed by atoms with Crippen molar-refractivity contribution in [1.82, 2.24) is 0 Å². The SMILES string of the molecule is CCCCCCCCC=CCCCCCCCCOS(=O)(=O)C(=O)OCCCCCCCCCCCCCCCC. The van der Waals surface area contributed by atoms with E-state index in [2.05, 4.69) is 26.0 Å². The minimum atomic E-state index is -4.27. The predicted molar refractivity (Wildman–Crippen MR) is 176 cm³/mol. The summed E-state index contributed by atoms with van der Waals surface area (Å²) in [5.74, 6) is 0.